The van der Waals surface area contributed by atoms with E-state index in [-0.39, 0.29) is 11.2 Å². The summed E-state index contributed by atoms with van der Waals surface area (Å²) in [6.45, 7) is 4.04. The number of nitrogens with one attached hydrogen (secondary N) is 1. The number of nitrogen functional groups attached to an aromatic ring is 1. The third-order valence-corrected chi connectivity index (χ3v) is 3.98. The van der Waals surface area contributed by atoms with E-state index in [0.29, 0.717) is 16.4 Å². The molecule has 0 saturated carbocycles. The van der Waals surface area contributed by atoms with E-state index in [2.05, 4.69) is 12.2 Å². The van der Waals surface area contributed by atoms with Gasteiger partial charge in [-0.15, -0.1) is 11.8 Å². The Labute approximate surface area is 117 Å². The average Bonchev–Trinajstić information content (AvgIpc) is 2.32. The number of hydrogen-bond donors (Lipinski definition) is 2. The molecule has 1 aromatic rings. The second-order valence-corrected chi connectivity index (χ2v) is 5.97. The molecule has 1 atom stereocenters. The number of nitrogens with two attached hydrogens (primary N) is 1. The molecule has 1 unspecified atom stereocenters. The third kappa shape index (κ3) is 4.78. The van der Waals surface area contributed by atoms with Crippen molar-refractivity contribution in [1.82, 2.24) is 0 Å². The maximum Gasteiger partial charge on any atom is 0.237 e. The Hall–Kier alpha value is -0.870. The SMILES string of the molecule is CCCCSC(C)C(=O)Nc1ccc(Cl)cc1N. The second-order valence-electron chi connectivity index (χ2n) is 4.09. The fourth-order valence-corrected chi connectivity index (χ4v) is 2.56. The first kappa shape index (κ1) is 15.2. The normalized spacial score (nSPS) is 12.2. The number of rotatable bonds is 6. The molecule has 0 spiro atoms. The van der Waals surface area contributed by atoms with Crippen molar-refractivity contribution in [2.45, 2.75) is 31.9 Å². The van der Waals surface area contributed by atoms with Crippen molar-refractivity contribution in [3.05, 3.63) is 23.2 Å². The number of thioether (sulfide) groups is 1. The van der Waals surface area contributed by atoms with Crippen LogP contribution in [0.4, 0.5) is 11.4 Å². The Morgan fingerprint density at radius 2 is 2.28 bits per heavy atom. The number of benzene rings is 1. The summed E-state index contributed by atoms with van der Waals surface area (Å²) in [5.41, 5.74) is 6.89. The summed E-state index contributed by atoms with van der Waals surface area (Å²) in [6.07, 6.45) is 2.27. The molecule has 1 amide bonds. The number of carbonyl (C=O) groups is 1. The summed E-state index contributed by atoms with van der Waals surface area (Å²) in [5.74, 6) is 0.978. The van der Waals surface area contributed by atoms with Crippen LogP contribution in [0, 0.1) is 0 Å². The van der Waals surface area contributed by atoms with Crippen molar-refractivity contribution < 1.29 is 4.79 Å². The molecule has 0 heterocycles. The standard InChI is InChI=1S/C13H19ClN2OS/c1-3-4-7-18-9(2)13(17)16-12-6-5-10(14)8-11(12)15/h5-6,8-9H,3-4,7,15H2,1-2H3,(H,16,17). The fraction of sp³-hybridized carbons (Fsp3) is 0.462. The van der Waals surface area contributed by atoms with E-state index >= 15 is 0 Å². The second kappa shape index (κ2) is 7.54. The van der Waals surface area contributed by atoms with Crippen molar-refractivity contribution in [3.63, 3.8) is 0 Å². The van der Waals surface area contributed by atoms with Gasteiger partial charge in [0.15, 0.2) is 0 Å². The van der Waals surface area contributed by atoms with Gasteiger partial charge in [-0.2, -0.15) is 0 Å². The molecule has 100 valence electrons. The smallest absolute Gasteiger partial charge is 0.237 e. The Morgan fingerprint density at radius 1 is 1.56 bits per heavy atom. The molecule has 0 bridgehead atoms. The lowest BCUT2D eigenvalue weighted by atomic mass is 10.2. The third-order valence-electron chi connectivity index (χ3n) is 2.51. The molecule has 0 fully saturated rings. The van der Waals surface area contributed by atoms with Crippen LogP contribution in [0.25, 0.3) is 0 Å². The number of hydrogen-bond acceptors (Lipinski definition) is 3. The van der Waals surface area contributed by atoms with Crippen LogP contribution in [-0.4, -0.2) is 16.9 Å². The number of unbranched alkanes of at least 4 members (excludes halogenated alkanes) is 1. The van der Waals surface area contributed by atoms with Crippen LogP contribution in [0.1, 0.15) is 26.7 Å². The molecule has 0 radical (unpaired) electrons. The zero-order valence-corrected chi connectivity index (χ0v) is 12.3. The zero-order chi connectivity index (χ0) is 13.5. The predicted molar refractivity (Wildman–Crippen MR) is 81.3 cm³/mol. The fourth-order valence-electron chi connectivity index (χ4n) is 1.36. The van der Waals surface area contributed by atoms with Crippen LogP contribution >= 0.6 is 23.4 Å². The van der Waals surface area contributed by atoms with Gasteiger partial charge in [0.1, 0.15) is 0 Å². The first-order valence-corrected chi connectivity index (χ1v) is 7.44. The molecule has 3 nitrogen and oxygen atoms in total. The summed E-state index contributed by atoms with van der Waals surface area (Å²) in [5, 5.41) is 3.31. The van der Waals surface area contributed by atoms with Gasteiger partial charge in [-0.05, 0) is 37.3 Å². The molecule has 0 saturated heterocycles. The van der Waals surface area contributed by atoms with Crippen molar-refractivity contribution >= 4 is 40.6 Å². The van der Waals surface area contributed by atoms with E-state index < -0.39 is 0 Å². The summed E-state index contributed by atoms with van der Waals surface area (Å²) >= 11 is 7.46. The molecular weight excluding hydrogens is 268 g/mol. The van der Waals surface area contributed by atoms with Crippen LogP contribution in [0.5, 0.6) is 0 Å². The first-order valence-electron chi connectivity index (χ1n) is 6.02. The van der Waals surface area contributed by atoms with Crippen LogP contribution in [0.2, 0.25) is 5.02 Å². The highest BCUT2D eigenvalue weighted by molar-refractivity contribution is 8.00. The number of anilines is 2. The van der Waals surface area contributed by atoms with Gasteiger partial charge in [-0.1, -0.05) is 24.9 Å². The van der Waals surface area contributed by atoms with Gasteiger partial charge in [-0.25, -0.2) is 0 Å². The summed E-state index contributed by atoms with van der Waals surface area (Å²) in [6, 6.07) is 5.06. The summed E-state index contributed by atoms with van der Waals surface area (Å²) < 4.78 is 0. The topological polar surface area (TPSA) is 55.1 Å². The minimum absolute atomic E-state index is 0.0230. The summed E-state index contributed by atoms with van der Waals surface area (Å²) in [4.78, 5) is 11.9. The maximum atomic E-state index is 11.9. The van der Waals surface area contributed by atoms with Crippen LogP contribution in [-0.2, 0) is 4.79 Å². The predicted octanol–water partition coefficient (Wildman–Crippen LogP) is 3.78. The molecule has 18 heavy (non-hydrogen) atoms. The van der Waals surface area contributed by atoms with Gasteiger partial charge in [0, 0.05) is 5.02 Å². The zero-order valence-electron chi connectivity index (χ0n) is 10.7. The lowest BCUT2D eigenvalue weighted by molar-refractivity contribution is -0.115. The van der Waals surface area contributed by atoms with Gasteiger partial charge in [0.05, 0.1) is 16.6 Å². The van der Waals surface area contributed by atoms with Crippen LogP contribution in [0.15, 0.2) is 18.2 Å². The maximum absolute atomic E-state index is 11.9. The van der Waals surface area contributed by atoms with Gasteiger partial charge in [-0.3, -0.25) is 4.79 Å². The van der Waals surface area contributed by atoms with Crippen LogP contribution < -0.4 is 11.1 Å². The van der Waals surface area contributed by atoms with Gasteiger partial charge in [0.2, 0.25) is 5.91 Å². The highest BCUT2D eigenvalue weighted by Gasteiger charge is 2.14. The van der Waals surface area contributed by atoms with Crippen molar-refractivity contribution in [3.8, 4) is 0 Å². The van der Waals surface area contributed by atoms with E-state index in [9.17, 15) is 4.79 Å². The minimum atomic E-state index is -0.0772. The highest BCUT2D eigenvalue weighted by atomic mass is 35.5. The molecule has 1 rings (SSSR count). The highest BCUT2D eigenvalue weighted by Crippen LogP contribution is 2.24. The lowest BCUT2D eigenvalue weighted by Crippen LogP contribution is -2.23. The Bertz CT molecular complexity index is 412. The molecule has 0 aliphatic heterocycles. The lowest BCUT2D eigenvalue weighted by Gasteiger charge is -2.13. The molecule has 0 aliphatic carbocycles. The Kier molecular flexibility index (Phi) is 6.36. The van der Waals surface area contributed by atoms with Gasteiger partial charge < -0.3 is 11.1 Å². The van der Waals surface area contributed by atoms with E-state index in [1.54, 1.807) is 30.0 Å². The molecule has 5 heteroatoms. The van der Waals surface area contributed by atoms with E-state index in [1.807, 2.05) is 6.92 Å². The Morgan fingerprint density at radius 3 is 2.89 bits per heavy atom. The Balaban J connectivity index is 2.53. The number of amides is 1. The number of carbonyl (C=O) groups excluding carboxylic acids is 1. The quantitative estimate of drug-likeness (QED) is 0.618. The van der Waals surface area contributed by atoms with Gasteiger partial charge >= 0.3 is 0 Å². The average molecular weight is 287 g/mol. The molecule has 1 aromatic carbocycles. The van der Waals surface area contributed by atoms with E-state index in [1.165, 1.54) is 0 Å². The monoisotopic (exact) mass is 286 g/mol. The molecule has 3 N–H and O–H groups in total. The largest absolute Gasteiger partial charge is 0.397 e. The van der Waals surface area contributed by atoms with E-state index in [4.69, 9.17) is 17.3 Å². The van der Waals surface area contributed by atoms with Gasteiger partial charge in [0.25, 0.3) is 0 Å². The molecule has 0 aromatic heterocycles. The minimum Gasteiger partial charge on any atom is -0.397 e. The van der Waals surface area contributed by atoms with E-state index in [0.717, 1.165) is 18.6 Å². The molecular formula is C13H19ClN2OS. The van der Waals surface area contributed by atoms with Crippen molar-refractivity contribution in [2.24, 2.45) is 0 Å². The van der Waals surface area contributed by atoms with Crippen molar-refractivity contribution in [2.75, 3.05) is 16.8 Å². The van der Waals surface area contributed by atoms with Crippen molar-refractivity contribution in [1.29, 1.82) is 0 Å². The molecule has 0 aliphatic rings. The van der Waals surface area contributed by atoms with Crippen LogP contribution in [0.3, 0.4) is 0 Å². The first-order chi connectivity index (χ1) is 8.54. The summed E-state index contributed by atoms with van der Waals surface area (Å²) in [7, 11) is 0. The number of halogens is 1.